The number of hydrogen-bond donors (Lipinski definition) is 0. The van der Waals surface area contributed by atoms with Crippen molar-refractivity contribution < 1.29 is 22.7 Å². The molecule has 32 heavy (non-hydrogen) atoms. The van der Waals surface area contributed by atoms with E-state index in [2.05, 4.69) is 10.1 Å². The third-order valence-electron chi connectivity index (χ3n) is 4.75. The quantitative estimate of drug-likeness (QED) is 0.403. The average Bonchev–Trinajstić information content (AvgIpc) is 3.30. The summed E-state index contributed by atoms with van der Waals surface area (Å²) in [5.74, 6) is -2.04. The van der Waals surface area contributed by atoms with E-state index in [9.17, 15) is 18.0 Å². The Labute approximate surface area is 185 Å². The standard InChI is InChI=1S/C22H19F3N4O2S/c1-13-9-14(2)29(27-13)8-7-28(20(30)12-31-17-5-3-15(23)4-6-17)22-26-21-18(25)10-16(24)11-19(21)32-22/h3-6,9-11H,7-8,12H2,1-2H3. The third kappa shape index (κ3) is 4.75. The van der Waals surface area contributed by atoms with Gasteiger partial charge in [-0.15, -0.1) is 0 Å². The zero-order chi connectivity index (χ0) is 22.8. The van der Waals surface area contributed by atoms with Crippen molar-refractivity contribution in [1.29, 1.82) is 0 Å². The lowest BCUT2D eigenvalue weighted by Gasteiger charge is -2.20. The van der Waals surface area contributed by atoms with Gasteiger partial charge in [-0.1, -0.05) is 11.3 Å². The van der Waals surface area contributed by atoms with Gasteiger partial charge in [0.2, 0.25) is 0 Å². The molecule has 10 heteroatoms. The van der Waals surface area contributed by atoms with Gasteiger partial charge in [-0.3, -0.25) is 14.4 Å². The smallest absolute Gasteiger partial charge is 0.266 e. The number of aryl methyl sites for hydroxylation is 2. The lowest BCUT2D eigenvalue weighted by Crippen LogP contribution is -2.37. The van der Waals surface area contributed by atoms with Gasteiger partial charge < -0.3 is 4.74 Å². The van der Waals surface area contributed by atoms with Crippen molar-refractivity contribution >= 4 is 32.6 Å². The maximum Gasteiger partial charge on any atom is 0.266 e. The van der Waals surface area contributed by atoms with E-state index in [-0.39, 0.29) is 23.8 Å². The highest BCUT2D eigenvalue weighted by Crippen LogP contribution is 2.31. The summed E-state index contributed by atoms with van der Waals surface area (Å²) < 4.78 is 48.4. The van der Waals surface area contributed by atoms with Crippen LogP contribution in [0.2, 0.25) is 0 Å². The van der Waals surface area contributed by atoms with Crippen LogP contribution in [0.3, 0.4) is 0 Å². The minimum absolute atomic E-state index is 0.00485. The maximum atomic E-state index is 14.2. The molecule has 0 unspecified atom stereocenters. The number of thiazole rings is 1. The Balaban J connectivity index is 1.59. The molecule has 0 aliphatic rings. The van der Waals surface area contributed by atoms with Crippen LogP contribution in [-0.4, -0.2) is 33.8 Å². The van der Waals surface area contributed by atoms with Crippen LogP contribution in [0, 0.1) is 31.3 Å². The van der Waals surface area contributed by atoms with E-state index in [1.807, 2.05) is 19.9 Å². The molecule has 0 saturated carbocycles. The van der Waals surface area contributed by atoms with Crippen molar-refractivity contribution in [3.63, 3.8) is 0 Å². The van der Waals surface area contributed by atoms with Crippen LogP contribution in [0.15, 0.2) is 42.5 Å². The molecule has 0 saturated heterocycles. The molecule has 2 aromatic heterocycles. The molecular weight excluding hydrogens is 441 g/mol. The van der Waals surface area contributed by atoms with Crippen LogP contribution in [0.4, 0.5) is 18.3 Å². The van der Waals surface area contributed by atoms with E-state index in [0.717, 1.165) is 28.8 Å². The van der Waals surface area contributed by atoms with Crippen molar-refractivity contribution in [1.82, 2.24) is 14.8 Å². The van der Waals surface area contributed by atoms with Crippen molar-refractivity contribution in [3.8, 4) is 5.75 Å². The van der Waals surface area contributed by atoms with E-state index in [1.165, 1.54) is 35.2 Å². The Morgan fingerprint density at radius 3 is 2.53 bits per heavy atom. The van der Waals surface area contributed by atoms with E-state index < -0.39 is 23.4 Å². The van der Waals surface area contributed by atoms with Gasteiger partial charge in [0.15, 0.2) is 17.6 Å². The number of halogens is 3. The molecule has 0 N–H and O–H groups in total. The van der Waals surface area contributed by atoms with Gasteiger partial charge in [0.1, 0.15) is 22.9 Å². The predicted molar refractivity (Wildman–Crippen MR) is 115 cm³/mol. The number of carbonyl (C=O) groups is 1. The summed E-state index contributed by atoms with van der Waals surface area (Å²) in [6.07, 6.45) is 0. The lowest BCUT2D eigenvalue weighted by molar-refractivity contribution is -0.120. The Bertz CT molecular complexity index is 1270. The molecule has 1 amide bonds. The van der Waals surface area contributed by atoms with E-state index in [1.54, 1.807) is 4.68 Å². The summed E-state index contributed by atoms with van der Waals surface area (Å²) in [7, 11) is 0. The molecule has 0 spiro atoms. The summed E-state index contributed by atoms with van der Waals surface area (Å²) in [6, 6.07) is 9.14. The minimum Gasteiger partial charge on any atom is -0.484 e. The van der Waals surface area contributed by atoms with Gasteiger partial charge in [-0.05, 0) is 50.2 Å². The Morgan fingerprint density at radius 1 is 1.09 bits per heavy atom. The molecule has 4 rings (SSSR count). The molecular formula is C22H19F3N4O2S. The molecule has 0 aliphatic carbocycles. The number of anilines is 1. The molecule has 2 aromatic carbocycles. The number of aromatic nitrogens is 3. The largest absolute Gasteiger partial charge is 0.484 e. The van der Waals surface area contributed by atoms with Crippen LogP contribution < -0.4 is 9.64 Å². The molecule has 0 bridgehead atoms. The van der Waals surface area contributed by atoms with Crippen molar-refractivity contribution in [2.45, 2.75) is 20.4 Å². The normalized spacial score (nSPS) is 11.2. The number of hydrogen-bond acceptors (Lipinski definition) is 5. The van der Waals surface area contributed by atoms with E-state index in [0.29, 0.717) is 17.0 Å². The second kappa shape index (κ2) is 8.99. The van der Waals surface area contributed by atoms with Gasteiger partial charge in [0.05, 0.1) is 16.9 Å². The number of fused-ring (bicyclic) bond motifs is 1. The second-order valence-electron chi connectivity index (χ2n) is 7.17. The molecule has 166 valence electrons. The lowest BCUT2D eigenvalue weighted by atomic mass is 10.3. The average molecular weight is 460 g/mol. The second-order valence-corrected chi connectivity index (χ2v) is 8.18. The highest BCUT2D eigenvalue weighted by Gasteiger charge is 2.22. The molecule has 0 fully saturated rings. The molecule has 0 atom stereocenters. The first-order valence-corrected chi connectivity index (χ1v) is 10.6. The van der Waals surface area contributed by atoms with Gasteiger partial charge in [0, 0.05) is 18.3 Å². The number of ether oxygens (including phenoxy) is 1. The maximum absolute atomic E-state index is 14.2. The summed E-state index contributed by atoms with van der Waals surface area (Å²) in [5, 5.41) is 4.61. The molecule has 6 nitrogen and oxygen atoms in total. The fraction of sp³-hybridized carbons (Fsp3) is 0.227. The monoisotopic (exact) mass is 460 g/mol. The summed E-state index contributed by atoms with van der Waals surface area (Å²) in [5.41, 5.74) is 1.77. The van der Waals surface area contributed by atoms with E-state index in [4.69, 9.17) is 4.74 Å². The molecule has 4 aromatic rings. The first kappa shape index (κ1) is 21.8. The topological polar surface area (TPSA) is 60.2 Å². The summed E-state index contributed by atoms with van der Waals surface area (Å²) in [6.45, 7) is 4.00. The van der Waals surface area contributed by atoms with Gasteiger partial charge in [-0.2, -0.15) is 5.10 Å². The highest BCUT2D eigenvalue weighted by atomic mass is 32.1. The number of rotatable bonds is 7. The van der Waals surface area contributed by atoms with Crippen LogP contribution in [0.5, 0.6) is 5.75 Å². The number of amides is 1. The molecule has 2 heterocycles. The Morgan fingerprint density at radius 2 is 1.84 bits per heavy atom. The highest BCUT2D eigenvalue weighted by molar-refractivity contribution is 7.22. The minimum atomic E-state index is -0.795. The van der Waals surface area contributed by atoms with Gasteiger partial charge in [-0.25, -0.2) is 18.2 Å². The zero-order valence-corrected chi connectivity index (χ0v) is 18.1. The van der Waals surface area contributed by atoms with Gasteiger partial charge in [0.25, 0.3) is 5.91 Å². The number of benzene rings is 2. The SMILES string of the molecule is Cc1cc(C)n(CCN(C(=O)COc2ccc(F)cc2)c2nc3c(F)cc(F)cc3s2)n1. The third-order valence-corrected chi connectivity index (χ3v) is 5.77. The first-order chi connectivity index (χ1) is 15.3. The van der Waals surface area contributed by atoms with Crippen molar-refractivity contribution in [3.05, 3.63) is 71.3 Å². The fourth-order valence-corrected chi connectivity index (χ4v) is 4.29. The summed E-state index contributed by atoms with van der Waals surface area (Å²) in [4.78, 5) is 18.6. The molecule has 0 radical (unpaired) electrons. The fourth-order valence-electron chi connectivity index (χ4n) is 3.24. The van der Waals surface area contributed by atoms with Crippen LogP contribution in [0.1, 0.15) is 11.4 Å². The van der Waals surface area contributed by atoms with E-state index >= 15 is 0 Å². The number of carbonyl (C=O) groups excluding carboxylic acids is 1. The van der Waals surface area contributed by atoms with Crippen LogP contribution in [0.25, 0.3) is 10.2 Å². The van der Waals surface area contributed by atoms with Crippen LogP contribution in [-0.2, 0) is 11.3 Å². The summed E-state index contributed by atoms with van der Waals surface area (Å²) >= 11 is 1.01. The van der Waals surface area contributed by atoms with Crippen molar-refractivity contribution in [2.75, 3.05) is 18.1 Å². The molecule has 0 aliphatic heterocycles. The Kier molecular flexibility index (Phi) is 6.13. The first-order valence-electron chi connectivity index (χ1n) is 9.75. The van der Waals surface area contributed by atoms with Gasteiger partial charge >= 0.3 is 0 Å². The zero-order valence-electron chi connectivity index (χ0n) is 17.3. The Hall–Kier alpha value is -3.40. The predicted octanol–water partition coefficient (Wildman–Crippen LogP) is 4.64. The van der Waals surface area contributed by atoms with Crippen LogP contribution >= 0.6 is 11.3 Å². The number of nitrogens with zero attached hydrogens (tertiary/aromatic N) is 4. The van der Waals surface area contributed by atoms with Crippen molar-refractivity contribution in [2.24, 2.45) is 0 Å².